The molecule has 0 saturated carbocycles. The highest BCUT2D eigenvalue weighted by Crippen LogP contribution is 2.38. The molecule has 0 aliphatic carbocycles. The summed E-state index contributed by atoms with van der Waals surface area (Å²) in [7, 11) is 0. The second-order valence-electron chi connectivity index (χ2n) is 7.56. The zero-order valence-corrected chi connectivity index (χ0v) is 19.0. The van der Waals surface area contributed by atoms with E-state index in [-0.39, 0.29) is 16.3 Å². The molecule has 0 saturated heterocycles. The fourth-order valence-corrected chi connectivity index (χ4v) is 4.34. The Balaban J connectivity index is 1.73. The highest BCUT2D eigenvalue weighted by molar-refractivity contribution is 8.04. The molecule has 0 bridgehead atoms. The summed E-state index contributed by atoms with van der Waals surface area (Å²) in [6.07, 6.45) is 0. The van der Waals surface area contributed by atoms with Gasteiger partial charge in [-0.15, -0.1) is 0 Å². The molecule has 1 aliphatic heterocycles. The number of nitrogens with zero attached hydrogens (tertiary/aromatic N) is 1. The van der Waals surface area contributed by atoms with Gasteiger partial charge in [-0.1, -0.05) is 61.5 Å². The lowest BCUT2D eigenvalue weighted by Crippen LogP contribution is -2.33. The van der Waals surface area contributed by atoms with E-state index >= 15 is 0 Å². The van der Waals surface area contributed by atoms with E-state index < -0.39 is 17.6 Å². The fourth-order valence-electron chi connectivity index (χ4n) is 3.28. The van der Waals surface area contributed by atoms with Crippen LogP contribution in [0.15, 0.2) is 88.3 Å². The Kier molecular flexibility index (Phi) is 6.35. The van der Waals surface area contributed by atoms with Crippen LogP contribution in [0.3, 0.4) is 0 Å². The van der Waals surface area contributed by atoms with Crippen molar-refractivity contribution in [2.75, 3.05) is 10.2 Å². The van der Waals surface area contributed by atoms with Crippen LogP contribution in [0.1, 0.15) is 25.3 Å². The van der Waals surface area contributed by atoms with Gasteiger partial charge in [-0.25, -0.2) is 9.29 Å². The third-order valence-corrected chi connectivity index (χ3v) is 6.36. The number of nitrogens with one attached hydrogen (secondary N) is 1. The van der Waals surface area contributed by atoms with Crippen LogP contribution in [0, 0.1) is 5.82 Å². The average molecular weight is 467 g/mol. The van der Waals surface area contributed by atoms with Crippen LogP contribution < -0.4 is 10.2 Å². The number of thioether (sulfide) groups is 1. The Labute approximate surface area is 195 Å². The van der Waals surface area contributed by atoms with Gasteiger partial charge in [0.25, 0.3) is 11.8 Å². The SMILES string of the molecule is CC(C)c1ccc(NC2=C(Sc3ccc(Cl)cc3)C(=O)N(c3ccccc3F)C2=O)cc1. The standard InChI is InChI=1S/C25H20ClFN2O2S/c1-15(2)16-7-11-18(12-8-16)28-22-23(32-19-13-9-17(26)10-14-19)25(31)29(24(22)30)21-6-4-3-5-20(21)27/h3-15,28H,1-2H3. The molecule has 162 valence electrons. The number of para-hydroxylation sites is 1. The van der Waals surface area contributed by atoms with Gasteiger partial charge in [0.2, 0.25) is 0 Å². The zero-order chi connectivity index (χ0) is 22.8. The van der Waals surface area contributed by atoms with Gasteiger partial charge in [0.05, 0.1) is 5.69 Å². The van der Waals surface area contributed by atoms with E-state index in [1.54, 1.807) is 30.3 Å². The maximum atomic E-state index is 14.5. The number of hydrogen-bond acceptors (Lipinski definition) is 4. The molecule has 0 unspecified atom stereocenters. The minimum absolute atomic E-state index is 0.0799. The second-order valence-corrected chi connectivity index (χ2v) is 9.08. The van der Waals surface area contributed by atoms with E-state index in [2.05, 4.69) is 19.2 Å². The topological polar surface area (TPSA) is 49.4 Å². The molecule has 3 aromatic rings. The molecular formula is C25H20ClFN2O2S. The molecule has 0 radical (unpaired) electrons. The monoisotopic (exact) mass is 466 g/mol. The fraction of sp³-hybridized carbons (Fsp3) is 0.120. The quantitative estimate of drug-likeness (QED) is 0.416. The lowest BCUT2D eigenvalue weighted by Gasteiger charge is -2.16. The predicted octanol–water partition coefficient (Wildman–Crippen LogP) is 6.59. The van der Waals surface area contributed by atoms with E-state index in [1.165, 1.54) is 18.2 Å². The van der Waals surface area contributed by atoms with Crippen molar-refractivity contribution in [2.45, 2.75) is 24.7 Å². The van der Waals surface area contributed by atoms with Gasteiger partial charge < -0.3 is 5.32 Å². The van der Waals surface area contributed by atoms with E-state index in [1.807, 2.05) is 24.3 Å². The summed E-state index contributed by atoms with van der Waals surface area (Å²) < 4.78 is 14.5. The molecule has 0 fully saturated rings. The lowest BCUT2D eigenvalue weighted by molar-refractivity contribution is -0.120. The van der Waals surface area contributed by atoms with Crippen LogP contribution in [0.2, 0.25) is 5.02 Å². The van der Waals surface area contributed by atoms with E-state index in [0.717, 1.165) is 27.1 Å². The number of benzene rings is 3. The summed E-state index contributed by atoms with van der Waals surface area (Å²) in [6, 6.07) is 20.3. The molecular weight excluding hydrogens is 447 g/mol. The van der Waals surface area contributed by atoms with Crippen LogP contribution in [0.5, 0.6) is 0 Å². The lowest BCUT2D eigenvalue weighted by atomic mass is 10.0. The predicted molar refractivity (Wildman–Crippen MR) is 127 cm³/mol. The summed E-state index contributed by atoms with van der Waals surface area (Å²) >= 11 is 7.10. The smallest absolute Gasteiger partial charge is 0.283 e. The highest BCUT2D eigenvalue weighted by atomic mass is 35.5. The number of halogens is 2. The summed E-state index contributed by atoms with van der Waals surface area (Å²) in [4.78, 5) is 28.4. The van der Waals surface area contributed by atoms with Crippen LogP contribution in [0.4, 0.5) is 15.8 Å². The van der Waals surface area contributed by atoms with Crippen molar-refractivity contribution in [2.24, 2.45) is 0 Å². The third kappa shape index (κ3) is 4.42. The van der Waals surface area contributed by atoms with Gasteiger partial charge in [0, 0.05) is 15.6 Å². The largest absolute Gasteiger partial charge is 0.350 e. The van der Waals surface area contributed by atoms with Crippen molar-refractivity contribution in [1.82, 2.24) is 0 Å². The number of rotatable bonds is 6. The van der Waals surface area contributed by atoms with Gasteiger partial charge >= 0.3 is 0 Å². The molecule has 32 heavy (non-hydrogen) atoms. The van der Waals surface area contributed by atoms with Crippen molar-refractivity contribution < 1.29 is 14.0 Å². The first-order valence-corrected chi connectivity index (χ1v) is 11.2. The van der Waals surface area contributed by atoms with E-state index in [9.17, 15) is 14.0 Å². The number of anilines is 2. The molecule has 0 spiro atoms. The van der Waals surface area contributed by atoms with Gasteiger partial charge in [-0.05, 0) is 60.0 Å². The van der Waals surface area contributed by atoms with Crippen molar-refractivity contribution >= 4 is 46.6 Å². The molecule has 1 N–H and O–H groups in total. The average Bonchev–Trinajstić information content (AvgIpc) is 3.00. The van der Waals surface area contributed by atoms with E-state index in [0.29, 0.717) is 16.6 Å². The first-order chi connectivity index (χ1) is 15.3. The minimum Gasteiger partial charge on any atom is -0.350 e. The van der Waals surface area contributed by atoms with Crippen molar-refractivity contribution in [3.05, 3.63) is 99.8 Å². The van der Waals surface area contributed by atoms with Crippen LogP contribution >= 0.6 is 23.4 Å². The second kappa shape index (κ2) is 9.18. The molecule has 1 aliphatic rings. The molecule has 0 atom stereocenters. The molecule has 4 rings (SSSR count). The Morgan fingerprint density at radius 3 is 2.19 bits per heavy atom. The molecule has 1 heterocycles. The molecule has 7 heteroatoms. The highest BCUT2D eigenvalue weighted by Gasteiger charge is 2.41. The minimum atomic E-state index is -0.646. The first kappa shape index (κ1) is 22.1. The molecule has 2 amide bonds. The molecule has 3 aromatic carbocycles. The number of carbonyl (C=O) groups is 2. The number of imide groups is 1. The van der Waals surface area contributed by atoms with E-state index in [4.69, 9.17) is 11.6 Å². The Morgan fingerprint density at radius 2 is 1.56 bits per heavy atom. The summed E-state index contributed by atoms with van der Waals surface area (Å²) in [5, 5.41) is 3.65. The summed E-state index contributed by atoms with van der Waals surface area (Å²) in [5.41, 5.74) is 1.84. The summed E-state index contributed by atoms with van der Waals surface area (Å²) in [6.45, 7) is 4.19. The molecule has 0 aromatic heterocycles. The van der Waals surface area contributed by atoms with Crippen molar-refractivity contribution in [3.8, 4) is 0 Å². The maximum Gasteiger partial charge on any atom is 0.283 e. The van der Waals surface area contributed by atoms with Crippen molar-refractivity contribution in [1.29, 1.82) is 0 Å². The first-order valence-electron chi connectivity index (χ1n) is 10.0. The van der Waals surface area contributed by atoms with Gasteiger partial charge in [0.15, 0.2) is 0 Å². The number of hydrogen-bond donors (Lipinski definition) is 1. The van der Waals surface area contributed by atoms with Crippen LogP contribution in [0.25, 0.3) is 0 Å². The summed E-state index contributed by atoms with van der Waals surface area (Å²) in [5.74, 6) is -1.47. The number of amides is 2. The normalized spacial score (nSPS) is 14.0. The Morgan fingerprint density at radius 1 is 0.906 bits per heavy atom. The maximum absolute atomic E-state index is 14.5. The number of carbonyl (C=O) groups excluding carboxylic acids is 2. The van der Waals surface area contributed by atoms with Crippen LogP contribution in [-0.4, -0.2) is 11.8 Å². The Bertz CT molecular complexity index is 1210. The van der Waals surface area contributed by atoms with Gasteiger partial charge in [0.1, 0.15) is 16.4 Å². The zero-order valence-electron chi connectivity index (χ0n) is 17.4. The molecule has 4 nitrogen and oxygen atoms in total. The Hall–Kier alpha value is -3.09. The third-order valence-electron chi connectivity index (χ3n) is 5.01. The van der Waals surface area contributed by atoms with Gasteiger partial charge in [-0.3, -0.25) is 9.59 Å². The van der Waals surface area contributed by atoms with Gasteiger partial charge in [-0.2, -0.15) is 0 Å². The van der Waals surface area contributed by atoms with Crippen LogP contribution in [-0.2, 0) is 9.59 Å². The van der Waals surface area contributed by atoms with Crippen molar-refractivity contribution in [3.63, 3.8) is 0 Å².